The Balaban J connectivity index is 1.28. The second kappa shape index (κ2) is 11.9. The molecule has 0 aliphatic carbocycles. The van der Waals surface area contributed by atoms with Crippen molar-refractivity contribution in [2.75, 3.05) is 32.1 Å². The van der Waals surface area contributed by atoms with Crippen LogP contribution in [0.4, 0.5) is 5.69 Å². The fraction of sp³-hybridized carbons (Fsp3) is 0.290. The van der Waals surface area contributed by atoms with E-state index < -0.39 is 0 Å². The van der Waals surface area contributed by atoms with Gasteiger partial charge in [-0.25, -0.2) is 9.97 Å². The minimum Gasteiger partial charge on any atom is -0.480 e. The molecule has 1 amide bonds. The van der Waals surface area contributed by atoms with Crippen molar-refractivity contribution >= 4 is 34.8 Å². The fourth-order valence-electron chi connectivity index (χ4n) is 5.43. The molecule has 0 spiro atoms. The lowest BCUT2D eigenvalue weighted by atomic mass is 10.00. The summed E-state index contributed by atoms with van der Waals surface area (Å²) in [5.41, 5.74) is 7.21. The number of nitrogens with zero attached hydrogens (tertiary/aromatic N) is 4. The number of hydrogen-bond donors (Lipinski definition) is 3. The molecule has 2 aromatic carbocycles. The SMILES string of the molecule is COc1nc(-c2cccc(-c3cccc(NC(=O)c4cc(C)c5c(n4)CNCC5)c3Cl)c2Cl)cnc1CN1CC(O)C1. The Bertz CT molecular complexity index is 1680. The summed E-state index contributed by atoms with van der Waals surface area (Å²) in [7, 11) is 1.55. The zero-order valence-corrected chi connectivity index (χ0v) is 24.8. The van der Waals surface area contributed by atoms with E-state index in [4.69, 9.17) is 27.9 Å². The fourth-order valence-corrected chi connectivity index (χ4v) is 6.03. The van der Waals surface area contributed by atoms with Crippen LogP contribution >= 0.6 is 23.2 Å². The number of ether oxygens (including phenoxy) is 1. The third-order valence-corrected chi connectivity index (χ3v) is 8.45. The number of fused-ring (bicyclic) bond motifs is 1. The van der Waals surface area contributed by atoms with E-state index in [0.717, 1.165) is 24.2 Å². The highest BCUT2D eigenvalue weighted by Crippen LogP contribution is 2.41. The Labute approximate surface area is 253 Å². The summed E-state index contributed by atoms with van der Waals surface area (Å²) < 4.78 is 5.53. The number of rotatable bonds is 7. The number of anilines is 1. The minimum atomic E-state index is -0.333. The Morgan fingerprint density at radius 1 is 1.12 bits per heavy atom. The molecule has 4 aromatic rings. The van der Waals surface area contributed by atoms with Crippen LogP contribution in [0.2, 0.25) is 10.0 Å². The number of aliphatic hydroxyl groups is 1. The Morgan fingerprint density at radius 2 is 1.86 bits per heavy atom. The number of carbonyl (C=O) groups excluding carboxylic acids is 1. The van der Waals surface area contributed by atoms with Crippen molar-refractivity contribution in [2.24, 2.45) is 0 Å². The number of aliphatic hydroxyl groups excluding tert-OH is 1. The molecule has 3 N–H and O–H groups in total. The molecule has 0 unspecified atom stereocenters. The molecule has 9 nitrogen and oxygen atoms in total. The molecule has 2 aliphatic rings. The van der Waals surface area contributed by atoms with Crippen LogP contribution in [-0.4, -0.2) is 63.7 Å². The first-order valence-electron chi connectivity index (χ1n) is 13.7. The molecule has 42 heavy (non-hydrogen) atoms. The summed E-state index contributed by atoms with van der Waals surface area (Å²) in [6, 6.07) is 12.8. The van der Waals surface area contributed by atoms with Gasteiger partial charge in [-0.3, -0.25) is 14.7 Å². The number of methoxy groups -OCH3 is 1. The standard InChI is InChI=1S/C31H30Cl2N6O3/c1-17-11-24(36-25-12-34-10-9-19(17)25)30(41)37-23-8-4-6-21(29(23)33)20-5-3-7-22(28(20)32)26-13-35-27(31(38-26)42-2)16-39-14-18(40)15-39/h3-8,11,13,18,34,40H,9-10,12,14-16H2,1-2H3,(H,37,41). The maximum Gasteiger partial charge on any atom is 0.274 e. The number of nitrogens with one attached hydrogen (secondary N) is 2. The van der Waals surface area contributed by atoms with Crippen molar-refractivity contribution in [1.29, 1.82) is 0 Å². The molecule has 0 saturated carbocycles. The van der Waals surface area contributed by atoms with E-state index in [1.165, 1.54) is 5.56 Å². The predicted molar refractivity (Wildman–Crippen MR) is 163 cm³/mol. The van der Waals surface area contributed by atoms with E-state index in [9.17, 15) is 9.90 Å². The van der Waals surface area contributed by atoms with Gasteiger partial charge in [0.05, 0.1) is 46.5 Å². The lowest BCUT2D eigenvalue weighted by Crippen LogP contribution is -2.50. The van der Waals surface area contributed by atoms with Crippen molar-refractivity contribution in [3.8, 4) is 28.3 Å². The number of amides is 1. The average molecular weight is 606 g/mol. The molecular weight excluding hydrogens is 575 g/mol. The number of likely N-dealkylation sites (tertiary alicyclic amines) is 1. The quantitative estimate of drug-likeness (QED) is 0.273. The average Bonchev–Trinajstić information content (AvgIpc) is 2.98. The van der Waals surface area contributed by atoms with Gasteiger partial charge in [0.1, 0.15) is 11.4 Å². The summed E-state index contributed by atoms with van der Waals surface area (Å²) in [6.07, 6.45) is 2.27. The van der Waals surface area contributed by atoms with Crippen molar-refractivity contribution < 1.29 is 14.6 Å². The molecule has 2 aromatic heterocycles. The zero-order valence-electron chi connectivity index (χ0n) is 23.2. The molecule has 1 fully saturated rings. The zero-order chi connectivity index (χ0) is 29.4. The van der Waals surface area contributed by atoms with Crippen molar-refractivity contribution in [1.82, 2.24) is 25.2 Å². The predicted octanol–water partition coefficient (Wildman–Crippen LogP) is 4.90. The number of benzene rings is 2. The number of hydrogen-bond acceptors (Lipinski definition) is 8. The topological polar surface area (TPSA) is 112 Å². The van der Waals surface area contributed by atoms with Crippen LogP contribution in [0.5, 0.6) is 5.88 Å². The van der Waals surface area contributed by atoms with Gasteiger partial charge < -0.3 is 20.5 Å². The van der Waals surface area contributed by atoms with E-state index in [0.29, 0.717) is 81.6 Å². The minimum absolute atomic E-state index is 0.301. The first-order valence-corrected chi connectivity index (χ1v) is 14.5. The Morgan fingerprint density at radius 3 is 2.62 bits per heavy atom. The largest absolute Gasteiger partial charge is 0.480 e. The summed E-state index contributed by atoms with van der Waals surface area (Å²) >= 11 is 13.8. The third-order valence-electron chi connectivity index (χ3n) is 7.64. The van der Waals surface area contributed by atoms with Crippen LogP contribution in [0.25, 0.3) is 22.4 Å². The number of halogens is 2. The van der Waals surface area contributed by atoms with Crippen molar-refractivity contribution in [3.63, 3.8) is 0 Å². The summed E-state index contributed by atoms with van der Waals surface area (Å²) in [5.74, 6) is 0.0699. The smallest absolute Gasteiger partial charge is 0.274 e. The van der Waals surface area contributed by atoms with Crippen LogP contribution in [0.15, 0.2) is 48.7 Å². The van der Waals surface area contributed by atoms with Gasteiger partial charge in [-0.05, 0) is 43.1 Å². The molecule has 11 heteroatoms. The summed E-state index contributed by atoms with van der Waals surface area (Å²) in [5, 5.41) is 16.6. The number of pyridine rings is 1. The molecule has 2 aliphatic heterocycles. The second-order valence-electron chi connectivity index (χ2n) is 10.5. The lowest BCUT2D eigenvalue weighted by Gasteiger charge is -2.35. The van der Waals surface area contributed by atoms with Gasteiger partial charge in [0.15, 0.2) is 0 Å². The monoisotopic (exact) mass is 604 g/mol. The van der Waals surface area contributed by atoms with Crippen LogP contribution in [0.1, 0.15) is 33.0 Å². The van der Waals surface area contributed by atoms with Crippen molar-refractivity contribution in [2.45, 2.75) is 32.5 Å². The molecule has 1 saturated heterocycles. The second-order valence-corrected chi connectivity index (χ2v) is 11.3. The van der Waals surface area contributed by atoms with Crippen LogP contribution in [0.3, 0.4) is 0 Å². The van der Waals surface area contributed by atoms with E-state index in [-0.39, 0.29) is 12.0 Å². The van der Waals surface area contributed by atoms with Gasteiger partial charge in [0.25, 0.3) is 5.91 Å². The van der Waals surface area contributed by atoms with E-state index in [2.05, 4.69) is 30.5 Å². The number of aromatic nitrogens is 3. The maximum atomic E-state index is 13.2. The van der Waals surface area contributed by atoms with Crippen LogP contribution in [0, 0.1) is 6.92 Å². The third kappa shape index (κ3) is 5.58. The van der Waals surface area contributed by atoms with Gasteiger partial charge in [-0.2, -0.15) is 0 Å². The van der Waals surface area contributed by atoms with E-state index in [1.807, 2.05) is 43.3 Å². The van der Waals surface area contributed by atoms with E-state index in [1.54, 1.807) is 19.4 Å². The first-order chi connectivity index (χ1) is 20.3. The van der Waals surface area contributed by atoms with Gasteiger partial charge in [-0.1, -0.05) is 53.5 Å². The van der Waals surface area contributed by atoms with Gasteiger partial charge in [-0.15, -0.1) is 0 Å². The maximum absolute atomic E-state index is 13.2. The highest BCUT2D eigenvalue weighted by molar-refractivity contribution is 6.39. The van der Waals surface area contributed by atoms with Gasteiger partial charge >= 0.3 is 0 Å². The highest BCUT2D eigenvalue weighted by atomic mass is 35.5. The molecule has 0 radical (unpaired) electrons. The molecule has 0 bridgehead atoms. The Kier molecular flexibility index (Phi) is 8.11. The molecule has 216 valence electrons. The summed E-state index contributed by atoms with van der Waals surface area (Å²) in [6.45, 7) is 5.29. The van der Waals surface area contributed by atoms with Crippen LogP contribution in [-0.2, 0) is 19.5 Å². The van der Waals surface area contributed by atoms with E-state index >= 15 is 0 Å². The molecular formula is C31H30Cl2N6O3. The molecule has 6 rings (SSSR count). The van der Waals surface area contributed by atoms with Crippen LogP contribution < -0.4 is 15.4 Å². The number of carbonyl (C=O) groups is 1. The van der Waals surface area contributed by atoms with Gasteiger partial charge in [0, 0.05) is 42.9 Å². The molecule has 0 atom stereocenters. The summed E-state index contributed by atoms with van der Waals surface area (Å²) in [4.78, 5) is 29.2. The Hall–Kier alpha value is -3.60. The number of aryl methyl sites for hydroxylation is 1. The molecule has 4 heterocycles. The normalized spacial score (nSPS) is 15.2. The number of β-amino-alcohol motifs (C(OH)–C–C–N with tert-alkyl or cyclic N) is 1. The van der Waals surface area contributed by atoms with Crippen molar-refractivity contribution in [3.05, 3.63) is 86.9 Å². The van der Waals surface area contributed by atoms with Gasteiger partial charge in [0.2, 0.25) is 5.88 Å². The lowest BCUT2D eigenvalue weighted by molar-refractivity contribution is -0.00403. The highest BCUT2D eigenvalue weighted by Gasteiger charge is 2.26. The first kappa shape index (κ1) is 28.5.